The van der Waals surface area contributed by atoms with Crippen LogP contribution < -0.4 is 9.47 Å². The van der Waals surface area contributed by atoms with Crippen molar-refractivity contribution in [2.45, 2.75) is 13.5 Å². The predicted molar refractivity (Wildman–Crippen MR) is 101 cm³/mol. The Labute approximate surface area is 156 Å². The second kappa shape index (κ2) is 7.33. The molecule has 5 nitrogen and oxygen atoms in total. The van der Waals surface area contributed by atoms with Gasteiger partial charge in [-0.05, 0) is 42.0 Å². The number of oxazole rings is 1. The largest absolute Gasteiger partial charge is 0.489 e. The number of fused-ring (bicyclic) bond motifs is 1. The molecule has 0 fully saturated rings. The number of hydrogen-bond donors (Lipinski definition) is 0. The summed E-state index contributed by atoms with van der Waals surface area (Å²) in [5.74, 6) is 1.22. The first kappa shape index (κ1) is 16.8. The van der Waals surface area contributed by atoms with Crippen molar-refractivity contribution >= 4 is 17.1 Å². The Balaban J connectivity index is 1.40. The van der Waals surface area contributed by atoms with E-state index in [9.17, 15) is 4.79 Å². The van der Waals surface area contributed by atoms with Crippen LogP contribution in [0.2, 0.25) is 0 Å². The van der Waals surface area contributed by atoms with E-state index in [-0.39, 0.29) is 0 Å². The fraction of sp³-hybridized carbons (Fsp3) is 0.0909. The van der Waals surface area contributed by atoms with E-state index >= 15 is 0 Å². The number of benzene rings is 3. The molecule has 27 heavy (non-hydrogen) atoms. The minimum absolute atomic E-state index is 0.410. The first-order valence-corrected chi connectivity index (χ1v) is 8.53. The minimum Gasteiger partial charge on any atom is -0.489 e. The number of carbonyl (C=O) groups excluding carboxylic acids is 1. The summed E-state index contributed by atoms with van der Waals surface area (Å²) < 4.78 is 16.6. The van der Waals surface area contributed by atoms with Gasteiger partial charge in [0, 0.05) is 13.0 Å². The van der Waals surface area contributed by atoms with Gasteiger partial charge in [0.15, 0.2) is 11.5 Å². The number of esters is 1. The summed E-state index contributed by atoms with van der Waals surface area (Å²) in [6.45, 7) is 2.24. The lowest BCUT2D eigenvalue weighted by Crippen LogP contribution is -2.08. The number of nitrogens with zero attached hydrogens (tertiary/aromatic N) is 1. The van der Waals surface area contributed by atoms with Gasteiger partial charge in [0.25, 0.3) is 0 Å². The van der Waals surface area contributed by atoms with Crippen LogP contribution in [0.3, 0.4) is 0 Å². The van der Waals surface area contributed by atoms with Crippen LogP contribution in [-0.4, -0.2) is 11.0 Å². The number of hydrogen-bond acceptors (Lipinski definition) is 5. The highest BCUT2D eigenvalue weighted by Crippen LogP contribution is 2.22. The summed E-state index contributed by atoms with van der Waals surface area (Å²) in [5, 5.41) is 0. The molecule has 0 atom stereocenters. The normalized spacial score (nSPS) is 10.7. The molecule has 4 aromatic rings. The third-order valence-corrected chi connectivity index (χ3v) is 4.02. The zero-order valence-electron chi connectivity index (χ0n) is 14.7. The zero-order valence-corrected chi connectivity index (χ0v) is 14.7. The van der Waals surface area contributed by atoms with Gasteiger partial charge in [-0.2, -0.15) is 0 Å². The molecule has 0 amide bonds. The second-order valence-corrected chi connectivity index (χ2v) is 6.05. The van der Waals surface area contributed by atoms with Crippen LogP contribution in [0.4, 0.5) is 0 Å². The summed E-state index contributed by atoms with van der Waals surface area (Å²) in [6.07, 6.45) is 0. The highest BCUT2D eigenvalue weighted by Gasteiger charge is 2.11. The van der Waals surface area contributed by atoms with E-state index in [4.69, 9.17) is 13.9 Å². The minimum atomic E-state index is -0.444. The summed E-state index contributed by atoms with van der Waals surface area (Å²) in [7, 11) is 0. The van der Waals surface area contributed by atoms with Crippen LogP contribution in [0, 0.1) is 6.92 Å². The molecule has 4 rings (SSSR count). The Morgan fingerprint density at radius 2 is 1.70 bits per heavy atom. The fourth-order valence-corrected chi connectivity index (χ4v) is 2.68. The maximum absolute atomic E-state index is 12.3. The Morgan fingerprint density at radius 1 is 0.963 bits per heavy atom. The zero-order chi connectivity index (χ0) is 18.6. The van der Waals surface area contributed by atoms with E-state index in [0.29, 0.717) is 35.1 Å². The van der Waals surface area contributed by atoms with E-state index in [1.807, 2.05) is 30.3 Å². The topological polar surface area (TPSA) is 61.6 Å². The van der Waals surface area contributed by atoms with E-state index < -0.39 is 5.97 Å². The Bertz CT molecular complexity index is 1070. The first-order chi connectivity index (χ1) is 13.2. The molecule has 0 aliphatic carbocycles. The second-order valence-electron chi connectivity index (χ2n) is 6.05. The molecule has 1 aromatic heterocycles. The van der Waals surface area contributed by atoms with Crippen molar-refractivity contribution in [3.63, 3.8) is 0 Å². The van der Waals surface area contributed by atoms with E-state index in [0.717, 1.165) is 11.1 Å². The lowest BCUT2D eigenvalue weighted by molar-refractivity contribution is 0.0735. The molecular weight excluding hydrogens is 342 g/mol. The van der Waals surface area contributed by atoms with Crippen LogP contribution in [0.1, 0.15) is 21.8 Å². The molecular formula is C22H17NO4. The van der Waals surface area contributed by atoms with Gasteiger partial charge in [-0.25, -0.2) is 9.78 Å². The van der Waals surface area contributed by atoms with Crippen LogP contribution in [0.15, 0.2) is 77.2 Å². The standard InChI is InChI=1S/C22H17NO4/c1-15-23-20-12-11-19(13-21(20)26-15)27-22(24)17-7-9-18(10-8-17)25-14-16-5-3-2-4-6-16/h2-13H,14H2,1H3. The number of ether oxygens (including phenoxy) is 2. The maximum atomic E-state index is 12.3. The number of carbonyl (C=O) groups is 1. The molecule has 0 saturated carbocycles. The average Bonchev–Trinajstić information content (AvgIpc) is 3.07. The van der Waals surface area contributed by atoms with Crippen molar-refractivity contribution in [2.24, 2.45) is 0 Å². The highest BCUT2D eigenvalue weighted by molar-refractivity contribution is 5.91. The van der Waals surface area contributed by atoms with Crippen molar-refractivity contribution in [1.82, 2.24) is 4.98 Å². The molecule has 0 aliphatic rings. The summed E-state index contributed by atoms with van der Waals surface area (Å²) in [4.78, 5) is 16.6. The SMILES string of the molecule is Cc1nc2ccc(OC(=O)c3ccc(OCc4ccccc4)cc3)cc2o1. The molecule has 3 aromatic carbocycles. The molecule has 0 aliphatic heterocycles. The Kier molecular flexibility index (Phi) is 4.58. The van der Waals surface area contributed by atoms with Gasteiger partial charge in [-0.1, -0.05) is 30.3 Å². The Morgan fingerprint density at radius 3 is 2.48 bits per heavy atom. The third-order valence-electron chi connectivity index (χ3n) is 4.02. The van der Waals surface area contributed by atoms with Gasteiger partial charge in [0.05, 0.1) is 5.56 Å². The van der Waals surface area contributed by atoms with E-state index in [1.54, 1.807) is 49.4 Å². The van der Waals surface area contributed by atoms with Gasteiger partial charge < -0.3 is 13.9 Å². The molecule has 5 heteroatoms. The Hall–Kier alpha value is -3.60. The van der Waals surface area contributed by atoms with Gasteiger partial charge in [-0.15, -0.1) is 0 Å². The van der Waals surface area contributed by atoms with Gasteiger partial charge in [-0.3, -0.25) is 0 Å². The molecule has 0 bridgehead atoms. The summed E-state index contributed by atoms with van der Waals surface area (Å²) in [6, 6.07) is 21.9. The van der Waals surface area contributed by atoms with Crippen LogP contribution in [0.5, 0.6) is 11.5 Å². The van der Waals surface area contributed by atoms with Crippen molar-refractivity contribution in [3.8, 4) is 11.5 Å². The molecule has 0 spiro atoms. The van der Waals surface area contributed by atoms with E-state index in [1.165, 1.54) is 0 Å². The lowest BCUT2D eigenvalue weighted by atomic mass is 10.2. The predicted octanol–water partition coefficient (Wildman–Crippen LogP) is 4.93. The number of rotatable bonds is 5. The fourth-order valence-electron chi connectivity index (χ4n) is 2.68. The van der Waals surface area contributed by atoms with Crippen molar-refractivity contribution < 1.29 is 18.7 Å². The van der Waals surface area contributed by atoms with Crippen molar-refractivity contribution in [1.29, 1.82) is 0 Å². The van der Waals surface area contributed by atoms with Gasteiger partial charge in [0.2, 0.25) is 0 Å². The van der Waals surface area contributed by atoms with E-state index in [2.05, 4.69) is 4.98 Å². The van der Waals surface area contributed by atoms with Gasteiger partial charge >= 0.3 is 5.97 Å². The average molecular weight is 359 g/mol. The first-order valence-electron chi connectivity index (χ1n) is 8.53. The molecule has 0 radical (unpaired) electrons. The molecule has 134 valence electrons. The van der Waals surface area contributed by atoms with Crippen molar-refractivity contribution in [2.75, 3.05) is 0 Å². The molecule has 0 saturated heterocycles. The number of aromatic nitrogens is 1. The maximum Gasteiger partial charge on any atom is 0.343 e. The molecule has 1 heterocycles. The molecule has 0 N–H and O–H groups in total. The number of aryl methyl sites for hydroxylation is 1. The van der Waals surface area contributed by atoms with Crippen LogP contribution in [-0.2, 0) is 6.61 Å². The van der Waals surface area contributed by atoms with Gasteiger partial charge in [0.1, 0.15) is 23.6 Å². The van der Waals surface area contributed by atoms with Crippen molar-refractivity contribution in [3.05, 3.63) is 89.8 Å². The quantitative estimate of drug-likeness (QED) is 0.373. The monoisotopic (exact) mass is 359 g/mol. The third kappa shape index (κ3) is 3.98. The lowest BCUT2D eigenvalue weighted by Gasteiger charge is -2.07. The highest BCUT2D eigenvalue weighted by atomic mass is 16.5. The summed E-state index contributed by atoms with van der Waals surface area (Å²) >= 11 is 0. The van der Waals surface area contributed by atoms with Crippen LogP contribution in [0.25, 0.3) is 11.1 Å². The van der Waals surface area contributed by atoms with Crippen LogP contribution >= 0.6 is 0 Å². The smallest absolute Gasteiger partial charge is 0.343 e. The molecule has 0 unspecified atom stereocenters. The summed E-state index contributed by atoms with van der Waals surface area (Å²) in [5.41, 5.74) is 2.84.